The average Bonchev–Trinajstić information content (AvgIpc) is 3.96. The van der Waals surface area contributed by atoms with Crippen molar-refractivity contribution in [2.75, 3.05) is 13.3 Å². The molecule has 5 aromatic carbocycles. The third-order valence-corrected chi connectivity index (χ3v) is 12.2. The van der Waals surface area contributed by atoms with Crippen LogP contribution in [0.25, 0.3) is 11.3 Å². The summed E-state index contributed by atoms with van der Waals surface area (Å²) in [6.45, 7) is 4.28. The van der Waals surface area contributed by atoms with E-state index in [1.54, 1.807) is 117 Å². The van der Waals surface area contributed by atoms with E-state index in [0.29, 0.717) is 41.5 Å². The maximum absolute atomic E-state index is 14.2. The highest BCUT2D eigenvalue weighted by atomic mass is 16.7. The van der Waals surface area contributed by atoms with Crippen LogP contribution in [0.3, 0.4) is 0 Å². The fraction of sp³-hybridized carbons (Fsp3) is 0.288. The summed E-state index contributed by atoms with van der Waals surface area (Å²) in [5.41, 5.74) is 3.18. The van der Waals surface area contributed by atoms with E-state index in [0.717, 1.165) is 23.5 Å². The van der Waals surface area contributed by atoms with Crippen molar-refractivity contribution in [1.29, 1.82) is 0 Å². The van der Waals surface area contributed by atoms with Crippen LogP contribution in [-0.2, 0) is 62.8 Å². The van der Waals surface area contributed by atoms with Gasteiger partial charge in [0, 0.05) is 5.56 Å². The minimum Gasteiger partial charge on any atom is -0.481 e. The van der Waals surface area contributed by atoms with Crippen molar-refractivity contribution in [1.82, 2.24) is 21.0 Å². The first-order valence-corrected chi connectivity index (χ1v) is 25.2. The van der Waals surface area contributed by atoms with E-state index < -0.39 is 72.6 Å². The molecule has 77 heavy (non-hydrogen) atoms. The van der Waals surface area contributed by atoms with Crippen LogP contribution in [0.2, 0.25) is 0 Å². The molecule has 2 unspecified atom stereocenters. The number of nitrogens with one attached hydrogen (secondary N) is 3. The molecule has 6 aromatic rings. The number of carbonyl (C=O) groups excluding carboxylic acids is 8. The van der Waals surface area contributed by atoms with Crippen LogP contribution in [0.1, 0.15) is 106 Å². The quantitative estimate of drug-likeness (QED) is 0.0100. The minimum atomic E-state index is -1.52. The number of hydrogen-bond donors (Lipinski definition) is 3. The van der Waals surface area contributed by atoms with Crippen LogP contribution in [0.4, 0.5) is 0 Å². The van der Waals surface area contributed by atoms with Gasteiger partial charge in [0.1, 0.15) is 37.4 Å². The molecular weight excluding hydrogens is 989 g/mol. The molecule has 0 saturated heterocycles. The molecular formula is C59H62N4O14. The first-order valence-electron chi connectivity index (χ1n) is 25.2. The molecule has 3 atom stereocenters. The van der Waals surface area contributed by atoms with Crippen LogP contribution >= 0.6 is 0 Å². The molecule has 0 aliphatic carbocycles. The number of ether oxygens (including phenoxy) is 4. The van der Waals surface area contributed by atoms with E-state index >= 15 is 0 Å². The van der Waals surface area contributed by atoms with Gasteiger partial charge < -0.3 is 44.2 Å². The number of carbonyl (C=O) groups is 8. The molecule has 18 nitrogen and oxygen atoms in total. The number of benzene rings is 5. The molecule has 4 amide bonds. The summed E-state index contributed by atoms with van der Waals surface area (Å²) < 4.78 is 28.2. The van der Waals surface area contributed by atoms with Gasteiger partial charge >= 0.3 is 23.9 Å². The number of aryl methyl sites for hydroxylation is 1. The molecule has 0 radical (unpaired) electrons. The van der Waals surface area contributed by atoms with E-state index in [1.807, 2.05) is 19.1 Å². The van der Waals surface area contributed by atoms with Crippen molar-refractivity contribution >= 4 is 48.0 Å². The molecule has 0 saturated carbocycles. The maximum atomic E-state index is 14.2. The van der Waals surface area contributed by atoms with Gasteiger partial charge in [-0.2, -0.15) is 5.06 Å². The molecule has 0 bridgehead atoms. The molecule has 0 aliphatic heterocycles. The molecule has 1 heterocycles. The SMILES string of the molecule is CCCCCC(C(=O)NCNC(=O)c1ccc(-c2ccc(C(=O)NC(CC(=O)OCc3ccccc3)C(=O)OCc3ccccc3)c(OCC(=O)OCc3ccccc3)c2)o1)[C@@H](CC)N(C=O)OC(=O)c1ccccc1C. The van der Waals surface area contributed by atoms with Gasteiger partial charge in [-0.05, 0) is 72.4 Å². The Hall–Kier alpha value is -9.06. The second-order valence-electron chi connectivity index (χ2n) is 17.7. The lowest BCUT2D eigenvalue weighted by molar-refractivity contribution is -0.171. The Bertz CT molecular complexity index is 2930. The van der Waals surface area contributed by atoms with Gasteiger partial charge in [0.15, 0.2) is 12.4 Å². The number of unbranched alkanes of at least 4 members (excludes halogenated alkanes) is 2. The largest absolute Gasteiger partial charge is 0.481 e. The first kappa shape index (κ1) is 57.2. The van der Waals surface area contributed by atoms with Crippen molar-refractivity contribution in [3.8, 4) is 17.1 Å². The summed E-state index contributed by atoms with van der Waals surface area (Å²) in [6.07, 6.45) is 2.78. The molecule has 3 N–H and O–H groups in total. The zero-order chi connectivity index (χ0) is 54.9. The lowest BCUT2D eigenvalue weighted by Crippen LogP contribution is -2.49. The van der Waals surface area contributed by atoms with Gasteiger partial charge in [-0.15, -0.1) is 0 Å². The fourth-order valence-electron chi connectivity index (χ4n) is 8.03. The average molecular weight is 1050 g/mol. The number of nitrogens with zero attached hydrogens (tertiary/aromatic N) is 1. The second kappa shape index (κ2) is 29.7. The summed E-state index contributed by atoms with van der Waals surface area (Å²) in [4.78, 5) is 112. The predicted octanol–water partition coefficient (Wildman–Crippen LogP) is 8.36. The molecule has 0 spiro atoms. The van der Waals surface area contributed by atoms with Crippen LogP contribution in [-0.4, -0.2) is 78.4 Å². The van der Waals surface area contributed by atoms with Crippen molar-refractivity contribution in [3.63, 3.8) is 0 Å². The van der Waals surface area contributed by atoms with Crippen LogP contribution in [0.15, 0.2) is 150 Å². The number of hydroxylamine groups is 2. The maximum Gasteiger partial charge on any atom is 0.363 e. The van der Waals surface area contributed by atoms with Crippen molar-refractivity contribution in [2.45, 2.75) is 91.2 Å². The highest BCUT2D eigenvalue weighted by Crippen LogP contribution is 2.30. The zero-order valence-corrected chi connectivity index (χ0v) is 43.1. The lowest BCUT2D eigenvalue weighted by atomic mass is 9.90. The Morgan fingerprint density at radius 3 is 1.87 bits per heavy atom. The van der Waals surface area contributed by atoms with E-state index in [-0.39, 0.29) is 61.3 Å². The van der Waals surface area contributed by atoms with Gasteiger partial charge in [-0.25, -0.2) is 14.4 Å². The van der Waals surface area contributed by atoms with E-state index in [4.69, 9.17) is 28.2 Å². The summed E-state index contributed by atoms with van der Waals surface area (Å²) in [5.74, 6) is -6.23. The van der Waals surface area contributed by atoms with Gasteiger partial charge in [0.05, 0.1) is 36.2 Å². The summed E-state index contributed by atoms with van der Waals surface area (Å²) in [6, 6.07) is 38.2. The Labute approximate surface area is 446 Å². The Kier molecular flexibility index (Phi) is 22.1. The number of rotatable bonds is 29. The van der Waals surface area contributed by atoms with Crippen molar-refractivity contribution < 1.29 is 66.6 Å². The minimum absolute atomic E-state index is 0.0475. The lowest BCUT2D eigenvalue weighted by Gasteiger charge is -2.32. The van der Waals surface area contributed by atoms with Crippen molar-refractivity contribution in [2.24, 2.45) is 5.92 Å². The Morgan fingerprint density at radius 1 is 0.649 bits per heavy atom. The van der Waals surface area contributed by atoms with Crippen LogP contribution < -0.4 is 20.7 Å². The predicted molar refractivity (Wildman–Crippen MR) is 281 cm³/mol. The standard InChI is InChI=1S/C59H62N4O14/c1-4-6-10-27-46(49(5-2)63(39-64)77-58(70)45-26-18-17-19-40(45)3)55(67)60-38-61-57(69)51-31-30-50(76-51)44-28-29-47(52(32-44)72-37-54(66)74-35-42-22-13-8-14-23-42)56(68)62-48(59(71)75-36-43-24-15-9-16-25-43)33-53(65)73-34-41-20-11-7-12-21-41/h7-9,11-26,28-32,39,46,48-49H,4-6,10,27,33-38H2,1-3H3,(H,60,67)(H,61,69)(H,62,68)/t46?,48?,49-/m1/s1. The highest BCUT2D eigenvalue weighted by Gasteiger charge is 2.34. The van der Waals surface area contributed by atoms with Gasteiger partial charge in [0.25, 0.3) is 11.8 Å². The van der Waals surface area contributed by atoms with Crippen LogP contribution in [0, 0.1) is 12.8 Å². The highest BCUT2D eigenvalue weighted by molar-refractivity contribution is 6.00. The van der Waals surface area contributed by atoms with E-state index in [2.05, 4.69) is 16.0 Å². The third kappa shape index (κ3) is 17.5. The second-order valence-corrected chi connectivity index (χ2v) is 17.7. The fourth-order valence-corrected chi connectivity index (χ4v) is 8.03. The third-order valence-electron chi connectivity index (χ3n) is 12.2. The molecule has 0 fully saturated rings. The number of amides is 4. The number of furan rings is 1. The topological polar surface area (TPSA) is 235 Å². The monoisotopic (exact) mass is 1050 g/mol. The number of hydrogen-bond acceptors (Lipinski definition) is 14. The smallest absolute Gasteiger partial charge is 0.363 e. The van der Waals surface area contributed by atoms with Gasteiger partial charge in [-0.3, -0.25) is 24.0 Å². The van der Waals surface area contributed by atoms with Crippen LogP contribution in [0.5, 0.6) is 5.75 Å². The number of esters is 3. The van der Waals surface area contributed by atoms with Gasteiger partial charge in [0.2, 0.25) is 12.3 Å². The molecule has 1 aromatic heterocycles. The Balaban J connectivity index is 1.16. The summed E-state index contributed by atoms with van der Waals surface area (Å²) >= 11 is 0. The van der Waals surface area contributed by atoms with Gasteiger partial charge in [-0.1, -0.05) is 148 Å². The zero-order valence-electron chi connectivity index (χ0n) is 43.1. The van der Waals surface area contributed by atoms with E-state index in [1.165, 1.54) is 30.3 Å². The summed E-state index contributed by atoms with van der Waals surface area (Å²) in [7, 11) is 0. The molecule has 6 rings (SSSR count). The normalized spacial score (nSPS) is 11.9. The summed E-state index contributed by atoms with van der Waals surface area (Å²) in [5, 5.41) is 8.79. The molecule has 0 aliphatic rings. The molecule has 402 valence electrons. The van der Waals surface area contributed by atoms with E-state index in [9.17, 15) is 38.4 Å². The molecule has 18 heteroatoms. The van der Waals surface area contributed by atoms with Crippen molar-refractivity contribution in [3.05, 3.63) is 185 Å². The Morgan fingerprint density at radius 2 is 1.26 bits per heavy atom. The first-order chi connectivity index (χ1) is 37.4.